The van der Waals surface area contributed by atoms with Gasteiger partial charge in [-0.05, 0) is 49.2 Å². The highest BCUT2D eigenvalue weighted by Crippen LogP contribution is 2.30. The topological polar surface area (TPSA) is 80.1 Å². The van der Waals surface area contributed by atoms with E-state index in [4.69, 9.17) is 11.6 Å². The molecule has 0 radical (unpaired) electrons. The molecule has 0 saturated carbocycles. The van der Waals surface area contributed by atoms with E-state index in [1.54, 1.807) is 34.1 Å². The van der Waals surface area contributed by atoms with Gasteiger partial charge in [0.05, 0.1) is 22.4 Å². The Morgan fingerprint density at radius 3 is 2.66 bits per heavy atom. The van der Waals surface area contributed by atoms with Crippen molar-refractivity contribution < 1.29 is 9.59 Å². The van der Waals surface area contributed by atoms with Gasteiger partial charge in [-0.1, -0.05) is 23.7 Å². The third-order valence-corrected chi connectivity index (χ3v) is 5.32. The van der Waals surface area contributed by atoms with Crippen molar-refractivity contribution in [2.24, 2.45) is 0 Å². The summed E-state index contributed by atoms with van der Waals surface area (Å²) in [5, 5.41) is 7.56. The molecule has 2 heterocycles. The summed E-state index contributed by atoms with van der Waals surface area (Å²) in [6.07, 6.45) is 4.41. The van der Waals surface area contributed by atoms with Crippen LogP contribution >= 0.6 is 11.6 Å². The number of aromatic nitrogens is 3. The molecule has 4 rings (SSSR count). The van der Waals surface area contributed by atoms with E-state index >= 15 is 0 Å². The van der Waals surface area contributed by atoms with E-state index < -0.39 is 0 Å². The first-order valence-electron chi connectivity index (χ1n) is 9.38. The fraction of sp³-hybridized carbons (Fsp3) is 0.238. The highest BCUT2D eigenvalue weighted by molar-refractivity contribution is 6.34. The molecule has 1 aliphatic heterocycles. The van der Waals surface area contributed by atoms with Crippen LogP contribution in [0.1, 0.15) is 41.7 Å². The number of nitrogens with one attached hydrogen (secondary N) is 1. The van der Waals surface area contributed by atoms with E-state index in [1.165, 1.54) is 6.33 Å². The SMILES string of the molecule is C[C@@H](NC(=O)c1ccc(Cl)c(N2CCCC2=O)c1)c1ccc(-n2cncn2)cc1. The van der Waals surface area contributed by atoms with Crippen LogP contribution in [0, 0.1) is 0 Å². The van der Waals surface area contributed by atoms with Crippen LogP contribution in [0.5, 0.6) is 0 Å². The van der Waals surface area contributed by atoms with Crippen LogP contribution in [0.25, 0.3) is 5.69 Å². The van der Waals surface area contributed by atoms with Gasteiger partial charge in [0.25, 0.3) is 5.91 Å². The van der Waals surface area contributed by atoms with Crippen molar-refractivity contribution in [1.29, 1.82) is 0 Å². The highest BCUT2D eigenvalue weighted by Gasteiger charge is 2.24. The molecule has 2 amide bonds. The molecule has 0 unspecified atom stereocenters. The standard InChI is InChI=1S/C21H20ClN5O2/c1-14(15-4-7-17(8-5-15)27-13-23-12-24-27)25-21(29)16-6-9-18(22)19(11-16)26-10-2-3-20(26)28/h4-9,11-14H,2-3,10H2,1H3,(H,25,29)/t14-/m1/s1. The number of nitrogens with zero attached hydrogens (tertiary/aromatic N) is 4. The maximum absolute atomic E-state index is 12.8. The lowest BCUT2D eigenvalue weighted by Crippen LogP contribution is -2.28. The van der Waals surface area contributed by atoms with Gasteiger partial charge in [-0.25, -0.2) is 9.67 Å². The van der Waals surface area contributed by atoms with Gasteiger partial charge in [0.2, 0.25) is 5.91 Å². The van der Waals surface area contributed by atoms with E-state index in [2.05, 4.69) is 15.4 Å². The molecule has 0 bridgehead atoms. The number of halogens is 1. The van der Waals surface area contributed by atoms with E-state index in [1.807, 2.05) is 31.2 Å². The third kappa shape index (κ3) is 4.00. The van der Waals surface area contributed by atoms with Crippen molar-refractivity contribution in [2.45, 2.75) is 25.8 Å². The predicted molar refractivity (Wildman–Crippen MR) is 110 cm³/mol. The van der Waals surface area contributed by atoms with Crippen molar-refractivity contribution >= 4 is 29.1 Å². The average molecular weight is 410 g/mol. The van der Waals surface area contributed by atoms with Crippen molar-refractivity contribution in [3.05, 3.63) is 71.3 Å². The quantitative estimate of drug-likeness (QED) is 0.699. The number of benzene rings is 2. The van der Waals surface area contributed by atoms with Crippen LogP contribution in [0.4, 0.5) is 5.69 Å². The minimum absolute atomic E-state index is 0.0327. The number of carbonyl (C=O) groups is 2. The molecule has 2 aromatic carbocycles. The fourth-order valence-electron chi connectivity index (χ4n) is 3.38. The molecule has 29 heavy (non-hydrogen) atoms. The molecule has 0 aliphatic carbocycles. The molecule has 8 heteroatoms. The zero-order valence-electron chi connectivity index (χ0n) is 15.9. The van der Waals surface area contributed by atoms with E-state index in [-0.39, 0.29) is 17.9 Å². The summed E-state index contributed by atoms with van der Waals surface area (Å²) < 4.78 is 1.67. The second-order valence-electron chi connectivity index (χ2n) is 6.94. The lowest BCUT2D eigenvalue weighted by Gasteiger charge is -2.19. The molecular weight excluding hydrogens is 390 g/mol. The van der Waals surface area contributed by atoms with Crippen LogP contribution in [-0.2, 0) is 4.79 Å². The maximum Gasteiger partial charge on any atom is 0.251 e. The van der Waals surface area contributed by atoms with Gasteiger partial charge in [0.15, 0.2) is 0 Å². The molecule has 1 saturated heterocycles. The Kier molecular flexibility index (Phi) is 5.31. The minimum atomic E-state index is -0.220. The zero-order valence-corrected chi connectivity index (χ0v) is 16.6. The Hall–Kier alpha value is -3.19. The van der Waals surface area contributed by atoms with Crippen molar-refractivity contribution in [3.8, 4) is 5.69 Å². The van der Waals surface area contributed by atoms with E-state index in [0.29, 0.717) is 29.2 Å². The Balaban J connectivity index is 1.48. The summed E-state index contributed by atoms with van der Waals surface area (Å²) >= 11 is 6.27. The van der Waals surface area contributed by atoms with Crippen LogP contribution in [0.3, 0.4) is 0 Å². The van der Waals surface area contributed by atoms with Crippen LogP contribution in [0.15, 0.2) is 55.1 Å². The van der Waals surface area contributed by atoms with Gasteiger partial charge in [0.1, 0.15) is 12.7 Å². The van der Waals surface area contributed by atoms with E-state index in [9.17, 15) is 9.59 Å². The molecule has 1 aromatic heterocycles. The van der Waals surface area contributed by atoms with E-state index in [0.717, 1.165) is 17.7 Å². The molecule has 1 aliphatic rings. The number of anilines is 1. The number of carbonyl (C=O) groups excluding carboxylic acids is 2. The van der Waals surface area contributed by atoms with Crippen molar-refractivity contribution in [3.63, 3.8) is 0 Å². The number of hydrogen-bond acceptors (Lipinski definition) is 4. The van der Waals surface area contributed by atoms with Crippen LogP contribution < -0.4 is 10.2 Å². The van der Waals surface area contributed by atoms with Gasteiger partial charge in [-0.3, -0.25) is 9.59 Å². The van der Waals surface area contributed by atoms with Gasteiger partial charge in [-0.2, -0.15) is 5.10 Å². The normalized spacial score (nSPS) is 14.8. The second-order valence-corrected chi connectivity index (χ2v) is 7.35. The van der Waals surface area contributed by atoms with Gasteiger partial charge >= 0.3 is 0 Å². The minimum Gasteiger partial charge on any atom is -0.346 e. The summed E-state index contributed by atoms with van der Waals surface area (Å²) in [4.78, 5) is 30.4. The number of amides is 2. The van der Waals surface area contributed by atoms with Crippen molar-refractivity contribution in [1.82, 2.24) is 20.1 Å². The van der Waals surface area contributed by atoms with Gasteiger partial charge in [-0.15, -0.1) is 0 Å². The zero-order chi connectivity index (χ0) is 20.4. The summed E-state index contributed by atoms with van der Waals surface area (Å²) in [5.74, 6) is -0.187. The summed E-state index contributed by atoms with van der Waals surface area (Å²) in [7, 11) is 0. The Labute approximate surface area is 173 Å². The third-order valence-electron chi connectivity index (χ3n) is 5.00. The van der Waals surface area contributed by atoms with Crippen LogP contribution in [-0.4, -0.2) is 33.1 Å². The summed E-state index contributed by atoms with van der Waals surface area (Å²) in [6, 6.07) is 12.5. The smallest absolute Gasteiger partial charge is 0.251 e. The maximum atomic E-state index is 12.8. The molecule has 7 nitrogen and oxygen atoms in total. The first-order chi connectivity index (χ1) is 14.0. The molecule has 1 fully saturated rings. The number of rotatable bonds is 5. The molecule has 148 valence electrons. The summed E-state index contributed by atoms with van der Waals surface area (Å²) in [5.41, 5.74) is 2.91. The fourth-order valence-corrected chi connectivity index (χ4v) is 3.60. The first kappa shape index (κ1) is 19.1. The Bertz CT molecular complexity index is 1030. The Morgan fingerprint density at radius 1 is 1.21 bits per heavy atom. The van der Waals surface area contributed by atoms with Gasteiger partial charge in [0, 0.05) is 18.5 Å². The second kappa shape index (κ2) is 8.05. The average Bonchev–Trinajstić information content (AvgIpc) is 3.40. The molecule has 1 N–H and O–H groups in total. The molecule has 0 spiro atoms. The monoisotopic (exact) mass is 409 g/mol. The molecule has 1 atom stereocenters. The predicted octanol–water partition coefficient (Wildman–Crippen LogP) is 3.54. The first-order valence-corrected chi connectivity index (χ1v) is 9.76. The van der Waals surface area contributed by atoms with Crippen LogP contribution in [0.2, 0.25) is 5.02 Å². The highest BCUT2D eigenvalue weighted by atomic mass is 35.5. The molecule has 3 aromatic rings. The van der Waals surface area contributed by atoms with Gasteiger partial charge < -0.3 is 10.2 Å². The van der Waals surface area contributed by atoms with Crippen molar-refractivity contribution in [2.75, 3.05) is 11.4 Å². The largest absolute Gasteiger partial charge is 0.346 e. The molecular formula is C21H20ClN5O2. The lowest BCUT2D eigenvalue weighted by atomic mass is 10.1. The lowest BCUT2D eigenvalue weighted by molar-refractivity contribution is -0.117. The number of hydrogen-bond donors (Lipinski definition) is 1. The Morgan fingerprint density at radius 2 is 2.00 bits per heavy atom. The summed E-state index contributed by atoms with van der Waals surface area (Å²) in [6.45, 7) is 2.54.